The molecule has 0 aliphatic heterocycles. The Balaban J connectivity index is 1.68. The van der Waals surface area contributed by atoms with Crippen LogP contribution in [0.15, 0.2) is 46.2 Å². The second-order valence-electron chi connectivity index (χ2n) is 5.56. The second kappa shape index (κ2) is 7.10. The van der Waals surface area contributed by atoms with Crippen LogP contribution in [0.2, 0.25) is 0 Å². The molecule has 2 aromatic heterocycles. The van der Waals surface area contributed by atoms with Crippen molar-refractivity contribution in [2.24, 2.45) is 7.05 Å². The van der Waals surface area contributed by atoms with Crippen molar-refractivity contribution < 1.29 is 13.6 Å². The van der Waals surface area contributed by atoms with Gasteiger partial charge in [-0.15, -0.1) is 10.2 Å². The molecule has 1 aromatic carbocycles. The predicted octanol–water partition coefficient (Wildman–Crippen LogP) is 3.64. The summed E-state index contributed by atoms with van der Waals surface area (Å²) in [4.78, 5) is 12.3. The van der Waals surface area contributed by atoms with Crippen LogP contribution in [0.4, 0.5) is 10.1 Å². The molecule has 0 aliphatic rings. The largest absolute Gasteiger partial charge is 0.461 e. The van der Waals surface area contributed by atoms with Crippen molar-refractivity contribution in [2.45, 2.75) is 24.3 Å². The van der Waals surface area contributed by atoms with Crippen molar-refractivity contribution in [2.75, 3.05) is 5.32 Å². The zero-order valence-electron chi connectivity index (χ0n) is 14.0. The summed E-state index contributed by atoms with van der Waals surface area (Å²) in [5.41, 5.74) is 0.958. The highest BCUT2D eigenvalue weighted by molar-refractivity contribution is 8.00. The van der Waals surface area contributed by atoms with E-state index in [0.29, 0.717) is 28.0 Å². The Bertz CT molecular complexity index is 892. The summed E-state index contributed by atoms with van der Waals surface area (Å²) >= 11 is 1.26. The third-order valence-corrected chi connectivity index (χ3v) is 4.80. The number of furan rings is 1. The fraction of sp³-hybridized carbons (Fsp3) is 0.235. The highest BCUT2D eigenvalue weighted by Crippen LogP contribution is 2.26. The molecule has 0 aliphatic carbocycles. The summed E-state index contributed by atoms with van der Waals surface area (Å²) in [6.45, 7) is 3.43. The number of nitrogens with one attached hydrogen (secondary N) is 1. The van der Waals surface area contributed by atoms with Crippen LogP contribution in [0.5, 0.6) is 0 Å². The minimum absolute atomic E-state index is 0.240. The predicted molar refractivity (Wildman–Crippen MR) is 93.8 cm³/mol. The first kappa shape index (κ1) is 17.2. The molecule has 0 saturated heterocycles. The highest BCUT2D eigenvalue weighted by Gasteiger charge is 2.20. The van der Waals surface area contributed by atoms with Crippen molar-refractivity contribution in [1.29, 1.82) is 0 Å². The minimum Gasteiger partial charge on any atom is -0.461 e. The summed E-state index contributed by atoms with van der Waals surface area (Å²) < 4.78 is 20.7. The van der Waals surface area contributed by atoms with Crippen molar-refractivity contribution in [1.82, 2.24) is 14.8 Å². The summed E-state index contributed by atoms with van der Waals surface area (Å²) in [7, 11) is 1.81. The van der Waals surface area contributed by atoms with E-state index in [-0.39, 0.29) is 11.7 Å². The Morgan fingerprint density at radius 2 is 2.16 bits per heavy atom. The normalized spacial score (nSPS) is 12.2. The quantitative estimate of drug-likeness (QED) is 0.703. The molecule has 3 rings (SSSR count). The van der Waals surface area contributed by atoms with Crippen molar-refractivity contribution in [3.8, 4) is 11.6 Å². The summed E-state index contributed by atoms with van der Waals surface area (Å²) in [5, 5.41) is 11.1. The van der Waals surface area contributed by atoms with Gasteiger partial charge in [-0.2, -0.15) is 0 Å². The lowest BCUT2D eigenvalue weighted by molar-refractivity contribution is -0.115. The topological polar surface area (TPSA) is 73.0 Å². The number of nitrogens with zero attached hydrogens (tertiary/aromatic N) is 3. The Labute approximate surface area is 148 Å². The highest BCUT2D eigenvalue weighted by atomic mass is 32.2. The molecule has 8 heteroatoms. The molecule has 1 N–H and O–H groups in total. The number of hydrogen-bond acceptors (Lipinski definition) is 5. The van der Waals surface area contributed by atoms with Crippen LogP contribution in [0.3, 0.4) is 0 Å². The molecule has 0 saturated carbocycles. The van der Waals surface area contributed by atoms with E-state index in [0.717, 1.165) is 0 Å². The average molecular weight is 360 g/mol. The van der Waals surface area contributed by atoms with E-state index >= 15 is 0 Å². The molecule has 3 aromatic rings. The number of hydrogen-bond donors (Lipinski definition) is 1. The SMILES string of the molecule is Cc1ccc(NC(=O)[C@H](C)Sc2nnc(-c3ccco3)n2C)cc1F. The molecular formula is C17H17FN4O2S. The van der Waals surface area contributed by atoms with Crippen LogP contribution in [0, 0.1) is 12.7 Å². The standard InChI is InChI=1S/C17H17FN4O2S/c1-10-6-7-12(9-13(10)18)19-16(23)11(2)25-17-21-20-15(22(17)3)14-5-4-8-24-14/h4-9,11H,1-3H3,(H,19,23)/t11-/m0/s1. The fourth-order valence-corrected chi connectivity index (χ4v) is 2.98. The van der Waals surface area contributed by atoms with E-state index in [1.54, 1.807) is 56.0 Å². The van der Waals surface area contributed by atoms with Gasteiger partial charge in [0.15, 0.2) is 16.7 Å². The van der Waals surface area contributed by atoms with Gasteiger partial charge in [-0.3, -0.25) is 4.79 Å². The van der Waals surface area contributed by atoms with Gasteiger partial charge in [-0.25, -0.2) is 4.39 Å². The number of carbonyl (C=O) groups is 1. The van der Waals surface area contributed by atoms with Gasteiger partial charge in [0.2, 0.25) is 5.91 Å². The second-order valence-corrected chi connectivity index (χ2v) is 6.86. The first-order chi connectivity index (χ1) is 12.0. The summed E-state index contributed by atoms with van der Waals surface area (Å²) in [6, 6.07) is 8.17. The van der Waals surface area contributed by atoms with Crippen LogP contribution in [-0.2, 0) is 11.8 Å². The molecule has 0 unspecified atom stereocenters. The van der Waals surface area contributed by atoms with Gasteiger partial charge in [0.25, 0.3) is 0 Å². The van der Waals surface area contributed by atoms with E-state index in [1.807, 2.05) is 0 Å². The molecule has 0 spiro atoms. The molecule has 25 heavy (non-hydrogen) atoms. The van der Waals surface area contributed by atoms with Gasteiger partial charge < -0.3 is 14.3 Å². The fourth-order valence-electron chi connectivity index (χ4n) is 2.16. The van der Waals surface area contributed by atoms with Crippen LogP contribution in [-0.4, -0.2) is 25.9 Å². The Hall–Kier alpha value is -2.61. The maximum atomic E-state index is 13.6. The van der Waals surface area contributed by atoms with Gasteiger partial charge >= 0.3 is 0 Å². The van der Waals surface area contributed by atoms with Crippen LogP contribution in [0.1, 0.15) is 12.5 Å². The van der Waals surface area contributed by atoms with Crippen molar-refractivity contribution >= 4 is 23.4 Å². The Morgan fingerprint density at radius 3 is 2.84 bits per heavy atom. The van der Waals surface area contributed by atoms with E-state index in [4.69, 9.17) is 4.42 Å². The smallest absolute Gasteiger partial charge is 0.237 e. The van der Waals surface area contributed by atoms with Crippen molar-refractivity contribution in [3.63, 3.8) is 0 Å². The van der Waals surface area contributed by atoms with E-state index < -0.39 is 5.25 Å². The molecule has 0 fully saturated rings. The zero-order valence-corrected chi connectivity index (χ0v) is 14.8. The molecule has 1 atom stereocenters. The third kappa shape index (κ3) is 3.74. The molecule has 1 amide bonds. The number of benzene rings is 1. The van der Waals surface area contributed by atoms with Gasteiger partial charge in [0.1, 0.15) is 5.82 Å². The Kier molecular flexibility index (Phi) is 4.89. The van der Waals surface area contributed by atoms with Gasteiger partial charge in [-0.1, -0.05) is 17.8 Å². The van der Waals surface area contributed by atoms with Gasteiger partial charge in [0.05, 0.1) is 11.5 Å². The number of aromatic nitrogens is 3. The minimum atomic E-state index is -0.434. The molecule has 0 bridgehead atoms. The van der Waals surface area contributed by atoms with Crippen LogP contribution in [0.25, 0.3) is 11.6 Å². The van der Waals surface area contributed by atoms with Crippen molar-refractivity contribution in [3.05, 3.63) is 48.0 Å². The molecule has 130 valence electrons. The van der Waals surface area contributed by atoms with E-state index in [1.165, 1.54) is 17.8 Å². The number of carbonyl (C=O) groups excluding carboxylic acids is 1. The molecular weight excluding hydrogens is 343 g/mol. The van der Waals surface area contributed by atoms with E-state index in [2.05, 4.69) is 15.5 Å². The zero-order chi connectivity index (χ0) is 18.0. The number of halogens is 1. The van der Waals surface area contributed by atoms with E-state index in [9.17, 15) is 9.18 Å². The first-order valence-electron chi connectivity index (χ1n) is 7.62. The number of anilines is 1. The number of amides is 1. The molecule has 0 radical (unpaired) electrons. The lowest BCUT2D eigenvalue weighted by Crippen LogP contribution is -2.23. The monoisotopic (exact) mass is 360 g/mol. The first-order valence-corrected chi connectivity index (χ1v) is 8.50. The van der Waals surface area contributed by atoms with Crippen LogP contribution >= 0.6 is 11.8 Å². The number of thioether (sulfide) groups is 1. The lowest BCUT2D eigenvalue weighted by Gasteiger charge is -2.12. The average Bonchev–Trinajstić information content (AvgIpc) is 3.21. The maximum Gasteiger partial charge on any atom is 0.237 e. The molecule has 2 heterocycles. The maximum absolute atomic E-state index is 13.6. The lowest BCUT2D eigenvalue weighted by atomic mass is 10.2. The summed E-state index contributed by atoms with van der Waals surface area (Å²) in [5.74, 6) is 0.597. The van der Waals surface area contributed by atoms with Gasteiger partial charge in [-0.05, 0) is 43.7 Å². The van der Waals surface area contributed by atoms with Crippen LogP contribution < -0.4 is 5.32 Å². The molecule has 6 nitrogen and oxygen atoms in total. The van der Waals surface area contributed by atoms with Gasteiger partial charge in [0, 0.05) is 12.7 Å². The number of aryl methyl sites for hydroxylation is 1. The third-order valence-electron chi connectivity index (χ3n) is 3.67. The Morgan fingerprint density at radius 1 is 1.36 bits per heavy atom. The number of rotatable bonds is 5. The summed E-state index contributed by atoms with van der Waals surface area (Å²) in [6.07, 6.45) is 1.56.